The van der Waals surface area contributed by atoms with Crippen LogP contribution in [0.3, 0.4) is 0 Å². The summed E-state index contributed by atoms with van der Waals surface area (Å²) in [6.45, 7) is 5.93. The maximum atomic E-state index is 11.4. The van der Waals surface area contributed by atoms with Gasteiger partial charge in [-0.15, -0.1) is 0 Å². The van der Waals surface area contributed by atoms with E-state index in [9.17, 15) is 4.79 Å². The van der Waals surface area contributed by atoms with Crippen LogP contribution in [0.5, 0.6) is 0 Å². The third kappa shape index (κ3) is 3.98. The van der Waals surface area contributed by atoms with Gasteiger partial charge in [0.05, 0.1) is 0 Å². The molecule has 1 aliphatic carbocycles. The zero-order valence-electron chi connectivity index (χ0n) is 20.3. The number of anilines is 2. The number of nitrogens with zero attached hydrogens (tertiary/aromatic N) is 3. The second-order valence-corrected chi connectivity index (χ2v) is 11.1. The molecular formula is C29H38N4O. The minimum absolute atomic E-state index is 0.354. The zero-order chi connectivity index (χ0) is 23.1. The molecule has 6 rings (SSSR count). The Morgan fingerprint density at radius 1 is 0.824 bits per heavy atom. The summed E-state index contributed by atoms with van der Waals surface area (Å²) in [7, 11) is 0. The quantitative estimate of drug-likeness (QED) is 0.687. The molecule has 1 atom stereocenters. The fourth-order valence-electron chi connectivity index (χ4n) is 7.23. The number of carbonyl (C=O) groups is 1. The van der Waals surface area contributed by atoms with Gasteiger partial charge in [-0.1, -0.05) is 18.2 Å². The highest BCUT2D eigenvalue weighted by molar-refractivity contribution is 5.93. The van der Waals surface area contributed by atoms with Crippen LogP contribution in [0.2, 0.25) is 0 Å². The average molecular weight is 459 g/mol. The van der Waals surface area contributed by atoms with Crippen LogP contribution in [0.25, 0.3) is 0 Å². The van der Waals surface area contributed by atoms with Crippen LogP contribution in [-0.2, 0) is 0 Å². The van der Waals surface area contributed by atoms with Gasteiger partial charge in [-0.25, -0.2) is 0 Å². The molecule has 5 heteroatoms. The Morgan fingerprint density at radius 3 is 2.24 bits per heavy atom. The smallest absolute Gasteiger partial charge is 0.248 e. The van der Waals surface area contributed by atoms with Crippen LogP contribution in [0, 0.1) is 5.41 Å². The third-order valence-electron chi connectivity index (χ3n) is 9.18. The molecule has 2 aromatic rings. The lowest BCUT2D eigenvalue weighted by atomic mass is 9.60. The minimum atomic E-state index is -0.354. The maximum Gasteiger partial charge on any atom is 0.248 e. The molecule has 34 heavy (non-hydrogen) atoms. The second kappa shape index (κ2) is 8.92. The molecular weight excluding hydrogens is 420 g/mol. The largest absolute Gasteiger partial charge is 0.371 e. The number of hydrogen-bond donors (Lipinski definition) is 1. The first-order valence-electron chi connectivity index (χ1n) is 13.4. The van der Waals surface area contributed by atoms with Crippen LogP contribution in [0.4, 0.5) is 11.4 Å². The lowest BCUT2D eigenvalue weighted by Crippen LogP contribution is -2.54. The highest BCUT2D eigenvalue weighted by atomic mass is 16.1. The zero-order valence-corrected chi connectivity index (χ0v) is 20.3. The monoisotopic (exact) mass is 458 g/mol. The standard InChI is InChI=1S/C29H38N4O/c30-28(34)22-9-11-23(12-10-22)31-18-13-29(14-19-31)20-24(21-29)33-17-5-8-27(33)25-6-1-2-7-26(25)32-15-3-4-16-32/h1-2,6-7,9-12,24,27H,3-5,8,13-21H2,(H2,30,34). The highest BCUT2D eigenvalue weighted by Gasteiger charge is 2.50. The lowest BCUT2D eigenvalue weighted by molar-refractivity contribution is -0.0225. The van der Waals surface area contributed by atoms with E-state index in [1.165, 1.54) is 82.4 Å². The molecule has 180 valence electrons. The SMILES string of the molecule is NC(=O)c1ccc(N2CCC3(CC2)CC(N2CCCC2c2ccccc2N2CCCC2)C3)cc1. The molecule has 0 aromatic heterocycles. The summed E-state index contributed by atoms with van der Waals surface area (Å²) in [6, 6.07) is 18.4. The summed E-state index contributed by atoms with van der Waals surface area (Å²) in [4.78, 5) is 19.3. The van der Waals surface area contributed by atoms with Crippen molar-refractivity contribution < 1.29 is 4.79 Å². The Balaban J connectivity index is 1.09. The Kier molecular flexibility index (Phi) is 5.76. The molecule has 4 aliphatic rings. The van der Waals surface area contributed by atoms with Gasteiger partial charge in [-0.05, 0) is 99.2 Å². The second-order valence-electron chi connectivity index (χ2n) is 11.1. The summed E-state index contributed by atoms with van der Waals surface area (Å²) in [5.74, 6) is -0.354. The normalized spacial score (nSPS) is 25.1. The molecule has 5 nitrogen and oxygen atoms in total. The first-order valence-corrected chi connectivity index (χ1v) is 13.4. The fourth-order valence-corrected chi connectivity index (χ4v) is 7.23. The van der Waals surface area contributed by atoms with Gasteiger partial charge in [0.15, 0.2) is 0 Å². The molecule has 4 fully saturated rings. The molecule has 0 radical (unpaired) electrons. The van der Waals surface area contributed by atoms with Crippen LogP contribution >= 0.6 is 0 Å². The van der Waals surface area contributed by atoms with E-state index < -0.39 is 0 Å². The highest BCUT2D eigenvalue weighted by Crippen LogP contribution is 2.54. The van der Waals surface area contributed by atoms with Gasteiger partial charge in [0, 0.05) is 55.2 Å². The van der Waals surface area contributed by atoms with Crippen molar-refractivity contribution in [3.05, 3.63) is 59.7 Å². The van der Waals surface area contributed by atoms with Gasteiger partial charge in [0.25, 0.3) is 0 Å². The summed E-state index contributed by atoms with van der Waals surface area (Å²) in [6.07, 6.45) is 10.6. The molecule has 3 aliphatic heterocycles. The van der Waals surface area contributed by atoms with Crippen molar-refractivity contribution in [3.63, 3.8) is 0 Å². The van der Waals surface area contributed by atoms with Crippen molar-refractivity contribution in [2.45, 2.75) is 63.5 Å². The number of benzene rings is 2. The van der Waals surface area contributed by atoms with Gasteiger partial charge >= 0.3 is 0 Å². The van der Waals surface area contributed by atoms with Crippen LogP contribution < -0.4 is 15.5 Å². The van der Waals surface area contributed by atoms with Crippen molar-refractivity contribution in [3.8, 4) is 0 Å². The number of hydrogen-bond acceptors (Lipinski definition) is 4. The molecule has 1 amide bonds. The van der Waals surface area contributed by atoms with Crippen LogP contribution in [0.15, 0.2) is 48.5 Å². The summed E-state index contributed by atoms with van der Waals surface area (Å²) >= 11 is 0. The third-order valence-corrected chi connectivity index (χ3v) is 9.18. The van der Waals surface area contributed by atoms with Crippen molar-refractivity contribution in [2.24, 2.45) is 11.1 Å². The van der Waals surface area contributed by atoms with Gasteiger partial charge in [0.1, 0.15) is 0 Å². The predicted molar refractivity (Wildman–Crippen MR) is 138 cm³/mol. The molecule has 0 bridgehead atoms. The molecule has 1 unspecified atom stereocenters. The van der Waals surface area contributed by atoms with E-state index in [0.29, 0.717) is 17.0 Å². The Hall–Kier alpha value is -2.53. The number of primary amides is 1. The van der Waals surface area contributed by atoms with E-state index in [0.717, 1.165) is 19.1 Å². The molecule has 2 N–H and O–H groups in total. The van der Waals surface area contributed by atoms with E-state index in [4.69, 9.17) is 5.73 Å². The van der Waals surface area contributed by atoms with Crippen molar-refractivity contribution in [1.29, 1.82) is 0 Å². The van der Waals surface area contributed by atoms with E-state index in [1.54, 1.807) is 5.56 Å². The minimum Gasteiger partial charge on any atom is -0.371 e. The number of carbonyl (C=O) groups excluding carboxylic acids is 1. The van der Waals surface area contributed by atoms with Crippen LogP contribution in [0.1, 0.15) is 73.3 Å². The number of likely N-dealkylation sites (tertiary alicyclic amines) is 1. The van der Waals surface area contributed by atoms with Gasteiger partial charge in [-0.3, -0.25) is 9.69 Å². The molecule has 1 spiro atoms. The summed E-state index contributed by atoms with van der Waals surface area (Å²) in [5.41, 5.74) is 10.8. The number of piperidine rings is 1. The average Bonchev–Trinajstić information content (AvgIpc) is 3.55. The maximum absolute atomic E-state index is 11.4. The van der Waals surface area contributed by atoms with E-state index in [2.05, 4.69) is 39.0 Å². The summed E-state index contributed by atoms with van der Waals surface area (Å²) in [5, 5.41) is 0. The molecule has 3 saturated heterocycles. The van der Waals surface area contributed by atoms with Gasteiger partial charge in [-0.2, -0.15) is 0 Å². The van der Waals surface area contributed by atoms with E-state index in [-0.39, 0.29) is 5.91 Å². The Labute approximate surface area is 203 Å². The van der Waals surface area contributed by atoms with Crippen LogP contribution in [-0.4, -0.2) is 49.6 Å². The van der Waals surface area contributed by atoms with Crippen molar-refractivity contribution in [2.75, 3.05) is 42.5 Å². The predicted octanol–water partition coefficient (Wildman–Crippen LogP) is 4.97. The van der Waals surface area contributed by atoms with Gasteiger partial charge < -0.3 is 15.5 Å². The van der Waals surface area contributed by atoms with E-state index >= 15 is 0 Å². The van der Waals surface area contributed by atoms with Gasteiger partial charge in [0.2, 0.25) is 5.91 Å². The Morgan fingerprint density at radius 2 is 1.53 bits per heavy atom. The topological polar surface area (TPSA) is 52.8 Å². The fraction of sp³-hybridized carbons (Fsp3) is 0.552. The molecule has 3 heterocycles. The number of rotatable bonds is 5. The van der Waals surface area contributed by atoms with Crippen molar-refractivity contribution in [1.82, 2.24) is 4.90 Å². The lowest BCUT2D eigenvalue weighted by Gasteiger charge is -2.56. The van der Waals surface area contributed by atoms with Crippen molar-refractivity contribution >= 4 is 17.3 Å². The Bertz CT molecular complexity index is 1010. The number of amides is 1. The first-order chi connectivity index (χ1) is 16.6. The summed E-state index contributed by atoms with van der Waals surface area (Å²) < 4.78 is 0. The number of para-hydroxylation sites is 1. The molecule has 1 saturated carbocycles. The number of nitrogens with two attached hydrogens (primary N) is 1. The first kappa shape index (κ1) is 22.0. The molecule has 2 aromatic carbocycles. The van der Waals surface area contributed by atoms with E-state index in [1.807, 2.05) is 24.3 Å².